The maximum atomic E-state index is 13.4. The Balaban J connectivity index is 1.47. The minimum atomic E-state index is -0.236. The maximum Gasteiger partial charge on any atom is 0.237 e. The van der Waals surface area contributed by atoms with Crippen molar-refractivity contribution in [2.45, 2.75) is 24.5 Å². The van der Waals surface area contributed by atoms with Crippen LogP contribution in [0.3, 0.4) is 0 Å². The van der Waals surface area contributed by atoms with Gasteiger partial charge in [-0.25, -0.2) is 4.98 Å². The third-order valence-electron chi connectivity index (χ3n) is 5.50. The molecule has 7 heteroatoms. The highest BCUT2D eigenvalue weighted by atomic mass is 32.2. The number of nitrogens with one attached hydrogen (secondary N) is 1. The monoisotopic (exact) mass is 442 g/mol. The van der Waals surface area contributed by atoms with Gasteiger partial charge < -0.3 is 10.2 Å². The van der Waals surface area contributed by atoms with Crippen LogP contribution in [0.5, 0.6) is 0 Å². The first-order valence-electron chi connectivity index (χ1n) is 10.5. The lowest BCUT2D eigenvalue weighted by Crippen LogP contribution is -2.40. The van der Waals surface area contributed by atoms with Gasteiger partial charge in [-0.2, -0.15) is 0 Å². The number of carbonyl (C=O) groups is 2. The maximum absolute atomic E-state index is 13.4. The molecule has 160 valence electrons. The van der Waals surface area contributed by atoms with E-state index in [-0.39, 0.29) is 30.0 Å². The van der Waals surface area contributed by atoms with Crippen LogP contribution in [0.25, 0.3) is 16.7 Å². The Morgan fingerprint density at radius 1 is 1.03 bits per heavy atom. The van der Waals surface area contributed by atoms with Crippen LogP contribution in [0.2, 0.25) is 0 Å². The van der Waals surface area contributed by atoms with Gasteiger partial charge in [-0.1, -0.05) is 54.2 Å². The average Bonchev–Trinajstić information content (AvgIpc) is 3.11. The van der Waals surface area contributed by atoms with Crippen molar-refractivity contribution in [1.29, 1.82) is 0 Å². The predicted octanol–water partition coefficient (Wildman–Crippen LogP) is 4.88. The zero-order valence-electron chi connectivity index (χ0n) is 17.6. The van der Waals surface area contributed by atoms with Gasteiger partial charge in [0, 0.05) is 18.2 Å². The van der Waals surface area contributed by atoms with Crippen molar-refractivity contribution in [3.63, 3.8) is 0 Å². The van der Waals surface area contributed by atoms with E-state index in [1.165, 1.54) is 11.8 Å². The number of fused-ring (bicyclic) bond motifs is 2. The molecule has 0 aliphatic carbocycles. The number of nitrogens with zero attached hydrogens (tertiary/aromatic N) is 3. The number of para-hydroxylation sites is 5. The second-order valence-electron chi connectivity index (χ2n) is 7.72. The SMILES string of the molecule is CC1CC(=O)Nc2ccccc2N1C(=O)CSc1nc2ccccc2n1-c1ccccc1. The number of anilines is 2. The first kappa shape index (κ1) is 20.3. The third-order valence-corrected chi connectivity index (χ3v) is 6.42. The van der Waals surface area contributed by atoms with Crippen molar-refractivity contribution in [2.24, 2.45) is 0 Å². The molecule has 1 atom stereocenters. The molecule has 3 aromatic carbocycles. The van der Waals surface area contributed by atoms with Crippen molar-refractivity contribution >= 4 is 46.0 Å². The first-order chi connectivity index (χ1) is 15.6. The fourth-order valence-electron chi connectivity index (χ4n) is 4.09. The summed E-state index contributed by atoms with van der Waals surface area (Å²) in [5.41, 5.74) is 4.27. The smallest absolute Gasteiger partial charge is 0.237 e. The lowest BCUT2D eigenvalue weighted by atomic mass is 10.2. The van der Waals surface area contributed by atoms with Crippen LogP contribution in [-0.4, -0.2) is 33.2 Å². The Kier molecular flexibility index (Phi) is 5.41. The van der Waals surface area contributed by atoms with Gasteiger partial charge in [0.2, 0.25) is 11.8 Å². The van der Waals surface area contributed by atoms with E-state index in [1.807, 2.05) is 85.8 Å². The summed E-state index contributed by atoms with van der Waals surface area (Å²) in [6.07, 6.45) is 0.258. The largest absolute Gasteiger partial charge is 0.324 e. The fourth-order valence-corrected chi connectivity index (χ4v) is 4.98. The minimum absolute atomic E-state index is 0.0573. The van der Waals surface area contributed by atoms with E-state index in [2.05, 4.69) is 9.88 Å². The summed E-state index contributed by atoms with van der Waals surface area (Å²) in [7, 11) is 0. The molecule has 1 N–H and O–H groups in total. The van der Waals surface area contributed by atoms with Crippen LogP contribution >= 0.6 is 11.8 Å². The van der Waals surface area contributed by atoms with E-state index in [0.29, 0.717) is 5.69 Å². The molecule has 0 fully saturated rings. The number of imidazole rings is 1. The Bertz CT molecular complexity index is 1300. The molecule has 0 saturated carbocycles. The minimum Gasteiger partial charge on any atom is -0.324 e. The van der Waals surface area contributed by atoms with Gasteiger partial charge in [-0.15, -0.1) is 0 Å². The highest BCUT2D eigenvalue weighted by Gasteiger charge is 2.29. The molecule has 0 radical (unpaired) electrons. The summed E-state index contributed by atoms with van der Waals surface area (Å²) >= 11 is 1.41. The lowest BCUT2D eigenvalue weighted by Gasteiger charge is -2.27. The number of rotatable bonds is 4. The highest BCUT2D eigenvalue weighted by Crippen LogP contribution is 2.33. The van der Waals surface area contributed by atoms with Gasteiger partial charge >= 0.3 is 0 Å². The van der Waals surface area contributed by atoms with E-state index >= 15 is 0 Å². The Hall–Kier alpha value is -3.58. The molecular weight excluding hydrogens is 420 g/mol. The number of hydrogen-bond acceptors (Lipinski definition) is 4. The summed E-state index contributed by atoms with van der Waals surface area (Å²) in [6.45, 7) is 1.91. The fraction of sp³-hybridized carbons (Fsp3) is 0.160. The van der Waals surface area contributed by atoms with Crippen LogP contribution in [0.1, 0.15) is 13.3 Å². The quantitative estimate of drug-likeness (QED) is 0.458. The second kappa shape index (κ2) is 8.51. The lowest BCUT2D eigenvalue weighted by molar-refractivity contribution is -0.117. The van der Waals surface area contributed by atoms with Gasteiger partial charge in [0.25, 0.3) is 0 Å². The summed E-state index contributed by atoms with van der Waals surface area (Å²) in [6, 6.07) is 25.2. The van der Waals surface area contributed by atoms with Gasteiger partial charge in [0.05, 0.1) is 28.2 Å². The summed E-state index contributed by atoms with van der Waals surface area (Å²) in [5, 5.41) is 3.66. The second-order valence-corrected chi connectivity index (χ2v) is 8.67. The van der Waals surface area contributed by atoms with E-state index in [0.717, 1.165) is 27.6 Å². The number of thioether (sulfide) groups is 1. The molecule has 0 bridgehead atoms. The zero-order valence-corrected chi connectivity index (χ0v) is 18.4. The normalized spacial score (nSPS) is 15.8. The molecule has 1 aromatic heterocycles. The Morgan fingerprint density at radius 2 is 1.75 bits per heavy atom. The Labute approximate surface area is 190 Å². The van der Waals surface area contributed by atoms with Crippen molar-refractivity contribution < 1.29 is 9.59 Å². The topological polar surface area (TPSA) is 67.2 Å². The van der Waals surface area contributed by atoms with Crippen molar-refractivity contribution in [2.75, 3.05) is 16.0 Å². The molecule has 4 aromatic rings. The van der Waals surface area contributed by atoms with Crippen molar-refractivity contribution in [3.8, 4) is 5.69 Å². The molecule has 0 saturated heterocycles. The molecular formula is C25H22N4O2S. The molecule has 2 heterocycles. The molecule has 2 amide bonds. The van der Waals surface area contributed by atoms with Gasteiger partial charge in [-0.05, 0) is 43.3 Å². The van der Waals surface area contributed by atoms with Gasteiger partial charge in [0.15, 0.2) is 5.16 Å². The summed E-state index contributed by atoms with van der Waals surface area (Å²) in [5.74, 6) is 0.0696. The standard InChI is InChI=1S/C25H22N4O2S/c1-17-15-23(30)26-19-11-5-7-13-21(19)28(17)24(31)16-32-25-27-20-12-6-8-14-22(20)29(25)18-9-3-2-4-10-18/h2-14,17H,15-16H2,1H3,(H,26,30). The number of benzene rings is 3. The molecule has 1 aliphatic heterocycles. The van der Waals surface area contributed by atoms with Crippen molar-refractivity contribution in [3.05, 3.63) is 78.9 Å². The highest BCUT2D eigenvalue weighted by molar-refractivity contribution is 7.99. The molecule has 5 rings (SSSR count). The van der Waals surface area contributed by atoms with E-state index in [9.17, 15) is 9.59 Å². The third kappa shape index (κ3) is 3.76. The van der Waals surface area contributed by atoms with Crippen LogP contribution in [0.15, 0.2) is 84.0 Å². The summed E-state index contributed by atoms with van der Waals surface area (Å²) in [4.78, 5) is 32.2. The number of carbonyl (C=O) groups excluding carboxylic acids is 2. The molecule has 0 spiro atoms. The van der Waals surface area contributed by atoms with Crippen LogP contribution in [0.4, 0.5) is 11.4 Å². The number of aromatic nitrogens is 2. The van der Waals surface area contributed by atoms with Gasteiger partial charge in [-0.3, -0.25) is 14.2 Å². The zero-order chi connectivity index (χ0) is 22.1. The molecule has 1 unspecified atom stereocenters. The Morgan fingerprint density at radius 3 is 2.59 bits per heavy atom. The number of hydrogen-bond donors (Lipinski definition) is 1. The molecule has 32 heavy (non-hydrogen) atoms. The van der Waals surface area contributed by atoms with E-state index < -0.39 is 0 Å². The van der Waals surface area contributed by atoms with Gasteiger partial charge in [0.1, 0.15) is 0 Å². The molecule has 1 aliphatic rings. The number of amides is 2. The first-order valence-corrected chi connectivity index (χ1v) is 11.5. The van der Waals surface area contributed by atoms with E-state index in [4.69, 9.17) is 4.98 Å². The van der Waals surface area contributed by atoms with Crippen LogP contribution in [0, 0.1) is 0 Å². The van der Waals surface area contributed by atoms with E-state index in [1.54, 1.807) is 4.90 Å². The van der Waals surface area contributed by atoms with Crippen molar-refractivity contribution in [1.82, 2.24) is 9.55 Å². The molecule has 6 nitrogen and oxygen atoms in total. The van der Waals surface area contributed by atoms with Crippen LogP contribution in [-0.2, 0) is 9.59 Å². The predicted molar refractivity (Wildman–Crippen MR) is 128 cm³/mol. The average molecular weight is 443 g/mol. The summed E-state index contributed by atoms with van der Waals surface area (Å²) < 4.78 is 2.08. The van der Waals surface area contributed by atoms with Crippen LogP contribution < -0.4 is 10.2 Å².